The molecule has 0 aliphatic carbocycles. The molecule has 0 radical (unpaired) electrons. The Balaban J connectivity index is 1.78. The lowest BCUT2D eigenvalue weighted by Gasteiger charge is -2.22. The van der Waals surface area contributed by atoms with Gasteiger partial charge in [-0.15, -0.1) is 0 Å². The summed E-state index contributed by atoms with van der Waals surface area (Å²) >= 11 is 0. The van der Waals surface area contributed by atoms with Crippen molar-refractivity contribution in [1.29, 1.82) is 0 Å². The molecular formula is C10H20N2O2. The summed E-state index contributed by atoms with van der Waals surface area (Å²) in [4.78, 5) is 2.45. The van der Waals surface area contributed by atoms with Crippen LogP contribution < -0.4 is 5.32 Å². The van der Waals surface area contributed by atoms with Crippen molar-refractivity contribution >= 4 is 0 Å². The highest BCUT2D eigenvalue weighted by Crippen LogP contribution is 2.26. The topological polar surface area (TPSA) is 33.7 Å². The quantitative estimate of drug-likeness (QED) is 0.635. The van der Waals surface area contributed by atoms with Crippen molar-refractivity contribution in [3.8, 4) is 0 Å². The second-order valence-corrected chi connectivity index (χ2v) is 4.30. The normalized spacial score (nSPS) is 32.8. The van der Waals surface area contributed by atoms with Crippen LogP contribution in [-0.2, 0) is 9.47 Å². The summed E-state index contributed by atoms with van der Waals surface area (Å²) in [6.07, 6.45) is -0.0678. The molecule has 0 spiro atoms. The maximum atomic E-state index is 5.20. The molecule has 4 heteroatoms. The molecule has 82 valence electrons. The fourth-order valence-electron chi connectivity index (χ4n) is 2.56. The van der Waals surface area contributed by atoms with Crippen molar-refractivity contribution < 1.29 is 9.47 Å². The number of hydrogen-bond donors (Lipinski definition) is 1. The van der Waals surface area contributed by atoms with Gasteiger partial charge in [-0.3, -0.25) is 4.90 Å². The molecule has 2 atom stereocenters. The summed E-state index contributed by atoms with van der Waals surface area (Å²) in [5.74, 6) is 1.70. The zero-order chi connectivity index (χ0) is 9.97. The molecule has 0 saturated carbocycles. The number of hydrogen-bond acceptors (Lipinski definition) is 4. The number of likely N-dealkylation sites (tertiary alicyclic amines) is 1. The van der Waals surface area contributed by atoms with Gasteiger partial charge in [0.1, 0.15) is 0 Å². The fourth-order valence-corrected chi connectivity index (χ4v) is 2.56. The van der Waals surface area contributed by atoms with Gasteiger partial charge in [-0.2, -0.15) is 0 Å². The average Bonchev–Trinajstić information content (AvgIpc) is 2.73. The lowest BCUT2D eigenvalue weighted by atomic mass is 10.0. The van der Waals surface area contributed by atoms with Crippen molar-refractivity contribution in [2.24, 2.45) is 11.8 Å². The molecule has 2 rings (SSSR count). The van der Waals surface area contributed by atoms with Crippen LogP contribution in [-0.4, -0.2) is 58.1 Å². The third-order valence-corrected chi connectivity index (χ3v) is 3.40. The first-order valence-corrected chi connectivity index (χ1v) is 5.32. The molecule has 2 saturated heterocycles. The monoisotopic (exact) mass is 200 g/mol. The third kappa shape index (κ3) is 2.08. The summed E-state index contributed by atoms with van der Waals surface area (Å²) in [5, 5.41) is 3.44. The van der Waals surface area contributed by atoms with E-state index in [1.807, 2.05) is 0 Å². The maximum Gasteiger partial charge on any atom is 0.169 e. The Hall–Kier alpha value is -0.160. The van der Waals surface area contributed by atoms with Gasteiger partial charge in [0.25, 0.3) is 0 Å². The van der Waals surface area contributed by atoms with Crippen LogP contribution in [0.3, 0.4) is 0 Å². The second kappa shape index (κ2) is 4.57. The lowest BCUT2D eigenvalue weighted by Crippen LogP contribution is -2.34. The third-order valence-electron chi connectivity index (χ3n) is 3.40. The largest absolute Gasteiger partial charge is 0.355 e. The van der Waals surface area contributed by atoms with E-state index < -0.39 is 0 Å². The zero-order valence-corrected chi connectivity index (χ0v) is 9.03. The molecule has 4 nitrogen and oxygen atoms in total. The zero-order valence-electron chi connectivity index (χ0n) is 9.03. The van der Waals surface area contributed by atoms with Gasteiger partial charge in [-0.1, -0.05) is 0 Å². The Kier molecular flexibility index (Phi) is 3.38. The lowest BCUT2D eigenvalue weighted by molar-refractivity contribution is -0.114. The summed E-state index contributed by atoms with van der Waals surface area (Å²) in [6.45, 7) is 5.67. The van der Waals surface area contributed by atoms with Crippen LogP contribution in [0.25, 0.3) is 0 Å². The number of methoxy groups -OCH3 is 2. The first kappa shape index (κ1) is 10.4. The average molecular weight is 200 g/mol. The van der Waals surface area contributed by atoms with E-state index in [0.717, 1.165) is 18.4 Å². The van der Waals surface area contributed by atoms with Crippen molar-refractivity contribution in [1.82, 2.24) is 10.2 Å². The molecule has 2 heterocycles. The van der Waals surface area contributed by atoms with E-state index in [1.54, 1.807) is 14.2 Å². The van der Waals surface area contributed by atoms with E-state index in [2.05, 4.69) is 10.2 Å². The van der Waals surface area contributed by atoms with E-state index in [4.69, 9.17) is 9.47 Å². The Morgan fingerprint density at radius 2 is 1.79 bits per heavy atom. The van der Waals surface area contributed by atoms with Gasteiger partial charge in [0.2, 0.25) is 0 Å². The Labute approximate surface area is 85.5 Å². The van der Waals surface area contributed by atoms with Crippen LogP contribution in [0.1, 0.15) is 0 Å². The van der Waals surface area contributed by atoms with Crippen molar-refractivity contribution in [3.63, 3.8) is 0 Å². The number of nitrogens with zero attached hydrogens (tertiary/aromatic N) is 1. The summed E-state index contributed by atoms with van der Waals surface area (Å²) < 4.78 is 10.4. The van der Waals surface area contributed by atoms with Crippen LogP contribution in [0.4, 0.5) is 0 Å². The fraction of sp³-hybridized carbons (Fsp3) is 1.00. The van der Waals surface area contributed by atoms with Gasteiger partial charge in [0, 0.05) is 33.9 Å². The van der Waals surface area contributed by atoms with Crippen LogP contribution in [0.15, 0.2) is 0 Å². The minimum atomic E-state index is -0.0678. The molecule has 2 aliphatic heterocycles. The molecular weight excluding hydrogens is 180 g/mol. The first-order chi connectivity index (χ1) is 6.83. The molecule has 2 aliphatic rings. The van der Waals surface area contributed by atoms with Crippen LogP contribution in [0.5, 0.6) is 0 Å². The second-order valence-electron chi connectivity index (χ2n) is 4.30. The van der Waals surface area contributed by atoms with Crippen LogP contribution >= 0.6 is 0 Å². The molecule has 0 aromatic rings. The molecule has 14 heavy (non-hydrogen) atoms. The van der Waals surface area contributed by atoms with Crippen molar-refractivity contribution in [3.05, 3.63) is 0 Å². The predicted octanol–water partition coefficient (Wildman–Crippen LogP) is -0.243. The molecule has 0 aromatic heterocycles. The number of rotatable bonds is 4. The Morgan fingerprint density at radius 1 is 1.21 bits per heavy atom. The van der Waals surface area contributed by atoms with Crippen molar-refractivity contribution in [2.45, 2.75) is 6.29 Å². The van der Waals surface area contributed by atoms with Gasteiger partial charge in [0.15, 0.2) is 6.29 Å². The molecule has 1 N–H and O–H groups in total. The number of ether oxygens (including phenoxy) is 2. The predicted molar refractivity (Wildman–Crippen MR) is 54.1 cm³/mol. The highest BCUT2D eigenvalue weighted by molar-refractivity contribution is 4.91. The molecule has 2 fully saturated rings. The van der Waals surface area contributed by atoms with Gasteiger partial charge in [-0.05, 0) is 24.9 Å². The summed E-state index contributed by atoms with van der Waals surface area (Å²) in [7, 11) is 3.40. The van der Waals surface area contributed by atoms with Gasteiger partial charge in [0.05, 0.1) is 0 Å². The van der Waals surface area contributed by atoms with Gasteiger partial charge < -0.3 is 14.8 Å². The Bertz CT molecular complexity index is 173. The van der Waals surface area contributed by atoms with E-state index in [-0.39, 0.29) is 6.29 Å². The highest BCUT2D eigenvalue weighted by atomic mass is 16.7. The van der Waals surface area contributed by atoms with Crippen molar-refractivity contribution in [2.75, 3.05) is 46.9 Å². The van der Waals surface area contributed by atoms with E-state index in [0.29, 0.717) is 0 Å². The summed E-state index contributed by atoms with van der Waals surface area (Å²) in [5.41, 5.74) is 0. The molecule has 0 amide bonds. The standard InChI is InChI=1S/C10H20N2O2/c1-13-10(14-2)7-12-5-8-3-11-4-9(8)6-12/h8-11H,3-7H2,1-2H3/t8-,9+. The minimum Gasteiger partial charge on any atom is -0.355 e. The number of nitrogens with one attached hydrogen (secondary N) is 1. The van der Waals surface area contributed by atoms with Gasteiger partial charge >= 0.3 is 0 Å². The van der Waals surface area contributed by atoms with Gasteiger partial charge in [-0.25, -0.2) is 0 Å². The maximum absolute atomic E-state index is 5.20. The minimum absolute atomic E-state index is 0.0678. The van der Waals surface area contributed by atoms with E-state index >= 15 is 0 Å². The van der Waals surface area contributed by atoms with Crippen LogP contribution in [0, 0.1) is 11.8 Å². The SMILES string of the molecule is COC(CN1C[C@H]2CNC[C@H]2C1)OC. The highest BCUT2D eigenvalue weighted by Gasteiger charge is 2.36. The molecule has 0 bridgehead atoms. The Morgan fingerprint density at radius 3 is 2.29 bits per heavy atom. The first-order valence-electron chi connectivity index (χ1n) is 5.32. The van der Waals surface area contributed by atoms with E-state index in [9.17, 15) is 0 Å². The van der Waals surface area contributed by atoms with E-state index in [1.165, 1.54) is 26.2 Å². The van der Waals surface area contributed by atoms with Crippen LogP contribution in [0.2, 0.25) is 0 Å². The smallest absolute Gasteiger partial charge is 0.169 e. The summed E-state index contributed by atoms with van der Waals surface area (Å²) in [6, 6.07) is 0. The number of fused-ring (bicyclic) bond motifs is 1. The molecule has 0 unspecified atom stereocenters. The molecule has 0 aromatic carbocycles.